The molecule has 0 aliphatic heterocycles. The zero-order valence-electron chi connectivity index (χ0n) is 16.2. The van der Waals surface area contributed by atoms with Gasteiger partial charge in [0.05, 0.1) is 0 Å². The molecule has 2 aromatic rings. The van der Waals surface area contributed by atoms with E-state index in [1.807, 2.05) is 30.3 Å². The van der Waals surface area contributed by atoms with Gasteiger partial charge in [-0.25, -0.2) is 0 Å². The van der Waals surface area contributed by atoms with Gasteiger partial charge in [0.25, 0.3) is 0 Å². The summed E-state index contributed by atoms with van der Waals surface area (Å²) in [5, 5.41) is 0. The van der Waals surface area contributed by atoms with Crippen molar-refractivity contribution in [3.05, 3.63) is 74.9 Å². The summed E-state index contributed by atoms with van der Waals surface area (Å²) >= 11 is -3.92. The number of hydrogen-bond acceptors (Lipinski definition) is 1. The fraction of sp³-hybridized carbons (Fsp3) is 0.273. The molecule has 1 aliphatic rings. The maximum atomic E-state index is 13.9. The molecule has 0 fully saturated rings. The van der Waals surface area contributed by atoms with Crippen molar-refractivity contribution in [3.8, 4) is 16.9 Å². The van der Waals surface area contributed by atoms with Crippen LogP contribution in [0.25, 0.3) is 11.1 Å². The second-order valence-corrected chi connectivity index (χ2v) is 15.4. The molecule has 3 rings (SSSR count). The van der Waals surface area contributed by atoms with Crippen LogP contribution >= 0.6 is 18.6 Å². The molecule has 142 valence electrons. The Hall–Kier alpha value is -1.06. The molecule has 1 aliphatic carbocycles. The van der Waals surface area contributed by atoms with Gasteiger partial charge in [-0.15, -0.1) is 0 Å². The fourth-order valence-electron chi connectivity index (χ4n) is 3.80. The van der Waals surface area contributed by atoms with E-state index in [0.29, 0.717) is 11.3 Å². The zero-order valence-corrected chi connectivity index (χ0v) is 19.2. The van der Waals surface area contributed by atoms with Crippen LogP contribution in [0.3, 0.4) is 0 Å². The van der Waals surface area contributed by atoms with Crippen molar-refractivity contribution >= 4 is 18.6 Å². The van der Waals surface area contributed by atoms with Crippen LogP contribution in [0.15, 0.2) is 69.1 Å². The van der Waals surface area contributed by atoms with Crippen molar-refractivity contribution in [2.75, 3.05) is 0 Å². The summed E-state index contributed by atoms with van der Waals surface area (Å²) in [7, 11) is 13.9. The summed E-state index contributed by atoms with van der Waals surface area (Å²) in [6.45, 7) is 10.5. The number of allylic oxidation sites excluding steroid dienone is 4. The molecule has 0 amide bonds. The monoisotopic (exact) mass is 440 g/mol. The number of rotatable bonds is 4. The van der Waals surface area contributed by atoms with Crippen LogP contribution in [-0.4, -0.2) is 0 Å². The molecule has 2 aromatic carbocycles. The Morgan fingerprint density at radius 2 is 1.56 bits per heavy atom. The van der Waals surface area contributed by atoms with Crippen LogP contribution in [0.4, 0.5) is 4.39 Å². The van der Waals surface area contributed by atoms with Gasteiger partial charge < -0.3 is 0 Å². The van der Waals surface area contributed by atoms with Gasteiger partial charge in [-0.1, -0.05) is 0 Å². The molecule has 0 N–H and O–H groups in total. The molecule has 0 bridgehead atoms. The molecule has 0 spiro atoms. The van der Waals surface area contributed by atoms with Crippen molar-refractivity contribution in [1.29, 1.82) is 0 Å². The molecule has 0 aromatic heterocycles. The Balaban J connectivity index is 2.06. The first-order valence-corrected chi connectivity index (χ1v) is 14.6. The van der Waals surface area contributed by atoms with E-state index in [4.69, 9.17) is 21.9 Å². The molecule has 1 nitrogen and oxygen atoms in total. The van der Waals surface area contributed by atoms with Crippen LogP contribution in [0.2, 0.25) is 0 Å². The third kappa shape index (κ3) is 3.78. The van der Waals surface area contributed by atoms with Crippen LogP contribution in [0, 0.1) is 11.2 Å². The number of hydrogen-bond donors (Lipinski definition) is 0. The van der Waals surface area contributed by atoms with Gasteiger partial charge in [0.2, 0.25) is 0 Å². The van der Waals surface area contributed by atoms with Gasteiger partial charge in [0, 0.05) is 0 Å². The van der Waals surface area contributed by atoms with Crippen molar-refractivity contribution in [3.63, 3.8) is 0 Å². The molecule has 0 heterocycles. The van der Waals surface area contributed by atoms with Gasteiger partial charge >= 0.3 is 173 Å². The number of benzene rings is 2. The first kappa shape index (κ1) is 20.7. The van der Waals surface area contributed by atoms with E-state index in [9.17, 15) is 4.39 Å². The standard InChI is InChI=1S/C12H9FO.C10H15.2ClH.Ti/c13-10-6-7-12(14)11(8-10)9-4-2-1-3-5-9;1-7-6-10(4,5)9(3)8(7)2;;;/h1-8,14H;1-5H3;2*1H;/q;;;;+3/p-3. The molecule has 5 heteroatoms. The van der Waals surface area contributed by atoms with E-state index in [0.717, 1.165) is 15.0 Å². The normalized spacial score (nSPS) is 16.9. The SMILES string of the molecule is CC1=C(C)C(C)(C)[C]([Ti]([Cl])([Cl])[O]c2ccc(F)cc2-c2ccccc2)=C1C. The first-order valence-electron chi connectivity index (χ1n) is 8.87. The summed E-state index contributed by atoms with van der Waals surface area (Å²) in [6, 6.07) is 14.0. The maximum absolute atomic E-state index is 13.9. The Morgan fingerprint density at radius 3 is 2.11 bits per heavy atom. The van der Waals surface area contributed by atoms with Gasteiger partial charge in [-0.05, 0) is 0 Å². The quantitative estimate of drug-likeness (QED) is 0.439. The van der Waals surface area contributed by atoms with Crippen LogP contribution < -0.4 is 3.32 Å². The Morgan fingerprint density at radius 1 is 0.926 bits per heavy atom. The summed E-state index contributed by atoms with van der Waals surface area (Å²) in [5.41, 5.74) is 4.87. The minimum atomic E-state index is -3.92. The predicted molar refractivity (Wildman–Crippen MR) is 109 cm³/mol. The summed E-state index contributed by atoms with van der Waals surface area (Å²) in [6.07, 6.45) is 0. The van der Waals surface area contributed by atoms with E-state index >= 15 is 0 Å². The predicted octanol–water partition coefficient (Wildman–Crippen LogP) is 7.90. The van der Waals surface area contributed by atoms with Gasteiger partial charge in [0.15, 0.2) is 0 Å². The average Bonchev–Trinajstić information content (AvgIpc) is 2.77. The third-order valence-electron chi connectivity index (χ3n) is 5.62. The fourth-order valence-corrected chi connectivity index (χ4v) is 10.9. The first-order chi connectivity index (χ1) is 12.6. The van der Waals surface area contributed by atoms with Crippen molar-refractivity contribution in [1.82, 2.24) is 0 Å². The van der Waals surface area contributed by atoms with Gasteiger partial charge in [-0.2, -0.15) is 0 Å². The van der Waals surface area contributed by atoms with Crippen LogP contribution in [0.1, 0.15) is 34.6 Å². The van der Waals surface area contributed by atoms with E-state index < -0.39 is 14.9 Å². The summed E-state index contributed by atoms with van der Waals surface area (Å²) < 4.78 is 21.2. The molecule has 0 saturated heterocycles. The molecule has 0 atom stereocenters. The Kier molecular flexibility index (Phi) is 5.67. The van der Waals surface area contributed by atoms with Crippen LogP contribution in [0.5, 0.6) is 5.75 Å². The van der Waals surface area contributed by atoms with E-state index in [2.05, 4.69) is 34.6 Å². The second kappa shape index (κ2) is 7.41. The average molecular weight is 441 g/mol. The number of halogens is 3. The van der Waals surface area contributed by atoms with E-state index in [1.165, 1.54) is 23.3 Å². The molecule has 0 unspecified atom stereocenters. The second-order valence-electron chi connectivity index (χ2n) is 7.50. The topological polar surface area (TPSA) is 9.23 Å². The molecule has 27 heavy (non-hydrogen) atoms. The zero-order chi connectivity index (χ0) is 20.0. The molecule has 0 saturated carbocycles. The van der Waals surface area contributed by atoms with E-state index in [1.54, 1.807) is 6.07 Å². The Labute approximate surface area is 172 Å². The van der Waals surface area contributed by atoms with Crippen molar-refractivity contribution in [2.24, 2.45) is 5.41 Å². The minimum absolute atomic E-state index is 0.245. The van der Waals surface area contributed by atoms with E-state index in [-0.39, 0.29) is 11.2 Å². The van der Waals surface area contributed by atoms with Gasteiger partial charge in [0.1, 0.15) is 0 Å². The summed E-state index contributed by atoms with van der Waals surface area (Å²) in [4.78, 5) is 0. The van der Waals surface area contributed by atoms with Gasteiger partial charge in [-0.3, -0.25) is 0 Å². The summed E-state index contributed by atoms with van der Waals surface area (Å²) in [5.74, 6) is 0.194. The molecule has 0 radical (unpaired) electrons. The van der Waals surface area contributed by atoms with Crippen LogP contribution in [-0.2, 0) is 14.9 Å². The van der Waals surface area contributed by atoms with Crippen molar-refractivity contribution < 1.29 is 22.6 Å². The van der Waals surface area contributed by atoms with Crippen molar-refractivity contribution in [2.45, 2.75) is 34.6 Å². The third-order valence-corrected chi connectivity index (χ3v) is 11.0. The molecular formula is C22H23Cl2FOTi. The Bertz CT molecular complexity index is 946. The molecular weight excluding hydrogens is 418 g/mol.